The quantitative estimate of drug-likeness (QED) is 0.494. The second-order valence-electron chi connectivity index (χ2n) is 6.13. The summed E-state index contributed by atoms with van der Waals surface area (Å²) in [5.74, 6) is -0.211. The molecule has 0 saturated heterocycles. The molecule has 0 aliphatic heterocycles. The molecule has 0 bridgehead atoms. The van der Waals surface area contributed by atoms with Crippen molar-refractivity contribution in [1.82, 2.24) is 5.32 Å². The highest BCUT2D eigenvalue weighted by atomic mass is 35.5. The largest absolute Gasteiger partial charge is 0.399 e. The molecule has 3 N–H and O–H groups in total. The maximum atomic E-state index is 12.6. The molecule has 0 spiro atoms. The topological polar surface area (TPSA) is 98.3 Å². The molecule has 0 heterocycles. The second-order valence-corrected chi connectivity index (χ2v) is 6.13. The Morgan fingerprint density at radius 3 is 2.72 bits per heavy atom. The highest BCUT2D eigenvalue weighted by Gasteiger charge is 2.23. The lowest BCUT2D eigenvalue weighted by atomic mass is 9.87. The monoisotopic (exact) mass is 361 g/mol. The van der Waals surface area contributed by atoms with Crippen LogP contribution in [0.25, 0.3) is 0 Å². The SMILES string of the molecule is Cc1cc([N+](=O)[O-])ccc1C(=O)NC1CCCc2cc(N)ccc21.Cl. The van der Waals surface area contributed by atoms with E-state index in [-0.39, 0.29) is 30.0 Å². The standard InChI is InChI=1S/C18H19N3O3.ClH/c1-11-9-14(21(23)24)6-8-15(11)18(22)20-17-4-2-3-12-10-13(19)5-7-16(12)17;/h5-10,17H,2-4,19H2,1H3,(H,20,22);1H. The minimum atomic E-state index is -0.462. The van der Waals surface area contributed by atoms with E-state index in [1.165, 1.54) is 23.8 Å². The summed E-state index contributed by atoms with van der Waals surface area (Å²) in [5, 5.41) is 13.9. The number of carbonyl (C=O) groups is 1. The van der Waals surface area contributed by atoms with Crippen LogP contribution < -0.4 is 11.1 Å². The lowest BCUT2D eigenvalue weighted by Crippen LogP contribution is -2.31. The predicted molar refractivity (Wildman–Crippen MR) is 99.1 cm³/mol. The highest BCUT2D eigenvalue weighted by Crippen LogP contribution is 2.31. The molecule has 1 unspecified atom stereocenters. The maximum Gasteiger partial charge on any atom is 0.269 e. The number of benzene rings is 2. The number of fused-ring (bicyclic) bond motifs is 1. The average Bonchev–Trinajstić information content (AvgIpc) is 2.54. The molecule has 0 radical (unpaired) electrons. The number of aryl methyl sites for hydroxylation is 2. The van der Waals surface area contributed by atoms with Gasteiger partial charge in [-0.2, -0.15) is 0 Å². The van der Waals surface area contributed by atoms with Crippen LogP contribution in [-0.4, -0.2) is 10.8 Å². The maximum absolute atomic E-state index is 12.6. The molecule has 1 amide bonds. The summed E-state index contributed by atoms with van der Waals surface area (Å²) in [6, 6.07) is 10.0. The molecule has 2 aromatic rings. The fourth-order valence-electron chi connectivity index (χ4n) is 3.24. The van der Waals surface area contributed by atoms with E-state index in [4.69, 9.17) is 5.73 Å². The van der Waals surface area contributed by atoms with E-state index in [0.29, 0.717) is 11.1 Å². The van der Waals surface area contributed by atoms with Gasteiger partial charge in [-0.25, -0.2) is 0 Å². The Bertz CT molecular complexity index is 823. The van der Waals surface area contributed by atoms with Crippen LogP contribution in [-0.2, 0) is 6.42 Å². The fraction of sp³-hybridized carbons (Fsp3) is 0.278. The average molecular weight is 362 g/mol. The van der Waals surface area contributed by atoms with E-state index in [1.807, 2.05) is 18.2 Å². The third-order valence-corrected chi connectivity index (χ3v) is 4.45. The van der Waals surface area contributed by atoms with Gasteiger partial charge in [-0.3, -0.25) is 14.9 Å². The number of nitrogens with one attached hydrogen (secondary N) is 1. The van der Waals surface area contributed by atoms with Gasteiger partial charge in [0.05, 0.1) is 11.0 Å². The van der Waals surface area contributed by atoms with E-state index in [9.17, 15) is 14.9 Å². The summed E-state index contributed by atoms with van der Waals surface area (Å²) >= 11 is 0. The van der Waals surface area contributed by atoms with Crippen LogP contribution in [0, 0.1) is 17.0 Å². The van der Waals surface area contributed by atoms with Gasteiger partial charge in [-0.1, -0.05) is 6.07 Å². The van der Waals surface area contributed by atoms with Gasteiger partial charge in [-0.05, 0) is 61.1 Å². The smallest absolute Gasteiger partial charge is 0.269 e. The van der Waals surface area contributed by atoms with Gasteiger partial charge in [0, 0.05) is 23.4 Å². The number of nitrogens with zero attached hydrogens (tertiary/aromatic N) is 1. The lowest BCUT2D eigenvalue weighted by molar-refractivity contribution is -0.384. The number of carbonyl (C=O) groups excluding carboxylic acids is 1. The number of nitrogens with two attached hydrogens (primary N) is 1. The number of hydrogen-bond donors (Lipinski definition) is 2. The van der Waals surface area contributed by atoms with Crippen molar-refractivity contribution >= 4 is 29.7 Å². The molecule has 1 atom stereocenters. The van der Waals surface area contributed by atoms with Gasteiger partial charge in [0.25, 0.3) is 11.6 Å². The number of nitrogen functional groups attached to an aromatic ring is 1. The molecule has 132 valence electrons. The zero-order valence-corrected chi connectivity index (χ0v) is 14.6. The summed E-state index contributed by atoms with van der Waals surface area (Å²) in [7, 11) is 0. The van der Waals surface area contributed by atoms with Gasteiger partial charge in [0.2, 0.25) is 0 Å². The number of amides is 1. The van der Waals surface area contributed by atoms with Crippen LogP contribution >= 0.6 is 12.4 Å². The van der Waals surface area contributed by atoms with Crippen molar-refractivity contribution in [2.24, 2.45) is 0 Å². The number of anilines is 1. The third kappa shape index (κ3) is 3.91. The van der Waals surface area contributed by atoms with Gasteiger partial charge in [0.1, 0.15) is 0 Å². The molecule has 1 aliphatic rings. The van der Waals surface area contributed by atoms with Crippen molar-refractivity contribution in [3.63, 3.8) is 0 Å². The van der Waals surface area contributed by atoms with Gasteiger partial charge < -0.3 is 11.1 Å². The van der Waals surface area contributed by atoms with Crippen molar-refractivity contribution in [2.75, 3.05) is 5.73 Å². The van der Waals surface area contributed by atoms with E-state index in [1.54, 1.807) is 6.92 Å². The Hall–Kier alpha value is -2.60. The fourth-order valence-corrected chi connectivity index (χ4v) is 3.24. The number of halogens is 1. The van der Waals surface area contributed by atoms with Gasteiger partial charge in [-0.15, -0.1) is 12.4 Å². The first kappa shape index (κ1) is 18.7. The molecular weight excluding hydrogens is 342 g/mol. The van der Waals surface area contributed by atoms with Crippen molar-refractivity contribution in [1.29, 1.82) is 0 Å². The van der Waals surface area contributed by atoms with Crippen LogP contribution in [0.3, 0.4) is 0 Å². The number of non-ortho nitro benzene ring substituents is 1. The van der Waals surface area contributed by atoms with Crippen LogP contribution in [0.1, 0.15) is 45.9 Å². The first-order valence-corrected chi connectivity index (χ1v) is 7.90. The molecule has 0 fully saturated rings. The van der Waals surface area contributed by atoms with E-state index >= 15 is 0 Å². The van der Waals surface area contributed by atoms with Crippen LogP contribution in [0.5, 0.6) is 0 Å². The molecule has 3 rings (SSSR count). The van der Waals surface area contributed by atoms with E-state index in [2.05, 4.69) is 5.32 Å². The Morgan fingerprint density at radius 1 is 1.28 bits per heavy atom. The summed E-state index contributed by atoms with van der Waals surface area (Å²) in [5.41, 5.74) is 9.88. The number of nitro benzene ring substituents is 1. The molecule has 2 aromatic carbocycles. The van der Waals surface area contributed by atoms with Crippen molar-refractivity contribution in [2.45, 2.75) is 32.2 Å². The number of rotatable bonds is 3. The Kier molecular flexibility index (Phi) is 5.64. The first-order chi connectivity index (χ1) is 11.5. The summed E-state index contributed by atoms with van der Waals surface area (Å²) in [6.07, 6.45) is 2.82. The summed E-state index contributed by atoms with van der Waals surface area (Å²) in [4.78, 5) is 22.9. The lowest BCUT2D eigenvalue weighted by Gasteiger charge is -2.27. The Balaban J connectivity index is 0.00000225. The molecule has 7 heteroatoms. The highest BCUT2D eigenvalue weighted by molar-refractivity contribution is 5.96. The number of hydrogen-bond acceptors (Lipinski definition) is 4. The third-order valence-electron chi connectivity index (χ3n) is 4.45. The minimum Gasteiger partial charge on any atom is -0.399 e. The van der Waals surface area contributed by atoms with Crippen LogP contribution in [0.4, 0.5) is 11.4 Å². The minimum absolute atomic E-state index is 0. The second kappa shape index (κ2) is 7.53. The van der Waals surface area contributed by atoms with Gasteiger partial charge >= 0.3 is 0 Å². The van der Waals surface area contributed by atoms with Gasteiger partial charge in [0.15, 0.2) is 0 Å². The molecule has 1 aliphatic carbocycles. The van der Waals surface area contributed by atoms with E-state index < -0.39 is 4.92 Å². The van der Waals surface area contributed by atoms with Crippen LogP contribution in [0.2, 0.25) is 0 Å². The predicted octanol–water partition coefficient (Wildman–Crippen LogP) is 3.71. The summed E-state index contributed by atoms with van der Waals surface area (Å²) in [6.45, 7) is 1.71. The molecule has 6 nitrogen and oxygen atoms in total. The molecular formula is C18H20ClN3O3. The molecule has 25 heavy (non-hydrogen) atoms. The van der Waals surface area contributed by atoms with E-state index in [0.717, 1.165) is 30.5 Å². The Labute approximate surface area is 152 Å². The Morgan fingerprint density at radius 2 is 2.04 bits per heavy atom. The van der Waals surface area contributed by atoms with Crippen LogP contribution in [0.15, 0.2) is 36.4 Å². The number of nitro groups is 1. The summed E-state index contributed by atoms with van der Waals surface area (Å²) < 4.78 is 0. The zero-order chi connectivity index (χ0) is 17.3. The van der Waals surface area contributed by atoms with Crippen molar-refractivity contribution in [3.05, 3.63) is 68.8 Å². The normalized spacial score (nSPS) is 15.6. The van der Waals surface area contributed by atoms with Crippen molar-refractivity contribution < 1.29 is 9.72 Å². The van der Waals surface area contributed by atoms with Crippen molar-refractivity contribution in [3.8, 4) is 0 Å². The molecule has 0 saturated carbocycles. The zero-order valence-electron chi connectivity index (χ0n) is 13.8. The molecule has 0 aromatic heterocycles. The first-order valence-electron chi connectivity index (χ1n) is 7.90.